The van der Waals surface area contributed by atoms with Crippen LogP contribution in [-0.2, 0) is 0 Å². The van der Waals surface area contributed by atoms with Gasteiger partial charge in [0.15, 0.2) is 0 Å². The molecule has 0 aliphatic rings. The Hall–Kier alpha value is 0.130. The lowest BCUT2D eigenvalue weighted by Gasteiger charge is -2.18. The maximum absolute atomic E-state index is 6.38. The van der Waals surface area contributed by atoms with E-state index in [0.29, 0.717) is 0 Å². The first-order valence-corrected chi connectivity index (χ1v) is 8.75. The van der Waals surface area contributed by atoms with E-state index < -0.39 is 0 Å². The van der Waals surface area contributed by atoms with Crippen LogP contribution in [-0.4, -0.2) is 6.54 Å². The second kappa shape index (κ2) is 6.72. The summed E-state index contributed by atoms with van der Waals surface area (Å²) in [6.07, 6.45) is 0. The van der Waals surface area contributed by atoms with Crippen LogP contribution >= 0.6 is 54.8 Å². The van der Waals surface area contributed by atoms with Crippen LogP contribution in [0.3, 0.4) is 0 Å². The first kappa shape index (κ1) is 15.5. The molecule has 0 radical (unpaired) electrons. The van der Waals surface area contributed by atoms with Gasteiger partial charge in [-0.05, 0) is 58.7 Å². The second-order valence-electron chi connectivity index (χ2n) is 4.26. The van der Waals surface area contributed by atoms with Crippen molar-refractivity contribution in [1.82, 2.24) is 5.32 Å². The third-order valence-electron chi connectivity index (χ3n) is 2.84. The molecule has 1 aromatic carbocycles. The first-order chi connectivity index (χ1) is 9.02. The second-order valence-corrected chi connectivity index (χ2v) is 7.99. The van der Waals surface area contributed by atoms with Gasteiger partial charge in [0.25, 0.3) is 0 Å². The Morgan fingerprint density at radius 1 is 1.32 bits per heavy atom. The van der Waals surface area contributed by atoms with Crippen molar-refractivity contribution in [3.05, 3.63) is 53.6 Å². The number of halogens is 3. The van der Waals surface area contributed by atoms with Crippen molar-refractivity contribution in [3.63, 3.8) is 0 Å². The van der Waals surface area contributed by atoms with Crippen molar-refractivity contribution < 1.29 is 0 Å². The Bertz CT molecular complexity index is 563. The summed E-state index contributed by atoms with van der Waals surface area (Å²) < 4.78 is 2.18. The Morgan fingerprint density at radius 2 is 2.05 bits per heavy atom. The van der Waals surface area contributed by atoms with Gasteiger partial charge in [-0.15, -0.1) is 11.3 Å². The summed E-state index contributed by atoms with van der Waals surface area (Å²) in [5.74, 6) is 0. The zero-order chi connectivity index (χ0) is 14.0. The summed E-state index contributed by atoms with van der Waals surface area (Å²) in [6, 6.07) is 8.39. The highest BCUT2D eigenvalue weighted by Gasteiger charge is 2.19. The molecular formula is C14H14Br2ClNS. The smallest absolute Gasteiger partial charge is 0.0731 e. The molecule has 1 aromatic heterocycles. The molecule has 1 atom stereocenters. The highest BCUT2D eigenvalue weighted by atomic mass is 79.9. The molecule has 0 aliphatic carbocycles. The number of hydrogen-bond acceptors (Lipinski definition) is 2. The van der Waals surface area contributed by atoms with Gasteiger partial charge in [-0.3, -0.25) is 0 Å². The number of hydrogen-bond donors (Lipinski definition) is 1. The van der Waals surface area contributed by atoms with E-state index in [0.717, 1.165) is 21.6 Å². The van der Waals surface area contributed by atoms with Crippen LogP contribution in [0.2, 0.25) is 5.02 Å². The normalized spacial score (nSPS) is 12.7. The average molecular weight is 424 g/mol. The van der Waals surface area contributed by atoms with Crippen LogP contribution in [0, 0.1) is 6.92 Å². The van der Waals surface area contributed by atoms with E-state index in [1.54, 1.807) is 11.3 Å². The predicted octanol–water partition coefficient (Wildman–Crippen LogP) is 5.93. The van der Waals surface area contributed by atoms with Gasteiger partial charge in [0.05, 0.1) is 9.83 Å². The highest BCUT2D eigenvalue weighted by Crippen LogP contribution is 2.37. The van der Waals surface area contributed by atoms with Crippen LogP contribution in [0.5, 0.6) is 0 Å². The average Bonchev–Trinajstić information content (AvgIpc) is 2.67. The monoisotopic (exact) mass is 421 g/mol. The number of thiophene rings is 1. The fourth-order valence-corrected chi connectivity index (χ4v) is 4.38. The fourth-order valence-electron chi connectivity index (χ4n) is 1.93. The molecule has 0 spiro atoms. The first-order valence-electron chi connectivity index (χ1n) is 5.97. The minimum absolute atomic E-state index is 0.139. The van der Waals surface area contributed by atoms with Gasteiger partial charge in [0.2, 0.25) is 0 Å². The highest BCUT2D eigenvalue weighted by molar-refractivity contribution is 9.11. The molecule has 1 heterocycles. The van der Waals surface area contributed by atoms with E-state index in [4.69, 9.17) is 11.6 Å². The van der Waals surface area contributed by atoms with E-state index >= 15 is 0 Å². The molecule has 1 N–H and O–H groups in total. The Labute approximate surface area is 139 Å². The molecule has 102 valence electrons. The summed E-state index contributed by atoms with van der Waals surface area (Å²) in [4.78, 5) is 1.27. The molecule has 19 heavy (non-hydrogen) atoms. The van der Waals surface area contributed by atoms with Crippen molar-refractivity contribution in [2.45, 2.75) is 19.9 Å². The third kappa shape index (κ3) is 3.61. The third-order valence-corrected chi connectivity index (χ3v) is 5.86. The van der Waals surface area contributed by atoms with E-state index in [-0.39, 0.29) is 6.04 Å². The summed E-state index contributed by atoms with van der Waals surface area (Å²) in [5, 5.41) is 4.29. The lowest BCUT2D eigenvalue weighted by Crippen LogP contribution is -2.21. The van der Waals surface area contributed by atoms with Crippen LogP contribution < -0.4 is 5.32 Å². The van der Waals surface area contributed by atoms with Gasteiger partial charge in [-0.1, -0.05) is 40.5 Å². The summed E-state index contributed by atoms with van der Waals surface area (Å²) in [7, 11) is 0. The molecule has 2 rings (SSSR count). The summed E-state index contributed by atoms with van der Waals surface area (Å²) >= 11 is 15.2. The fraction of sp³-hybridized carbons (Fsp3) is 0.286. The molecular weight excluding hydrogens is 409 g/mol. The van der Waals surface area contributed by atoms with Gasteiger partial charge in [-0.2, -0.15) is 0 Å². The Balaban J connectivity index is 2.44. The molecule has 1 nitrogen and oxygen atoms in total. The summed E-state index contributed by atoms with van der Waals surface area (Å²) in [5.41, 5.74) is 2.37. The Morgan fingerprint density at radius 3 is 2.58 bits per heavy atom. The molecule has 1 unspecified atom stereocenters. The summed E-state index contributed by atoms with van der Waals surface area (Å²) in [6.45, 7) is 5.11. The number of rotatable bonds is 4. The van der Waals surface area contributed by atoms with Crippen molar-refractivity contribution in [2.75, 3.05) is 6.54 Å². The maximum atomic E-state index is 6.38. The van der Waals surface area contributed by atoms with Crippen LogP contribution in [0.25, 0.3) is 0 Å². The molecule has 0 saturated carbocycles. The quantitative estimate of drug-likeness (QED) is 0.642. The maximum Gasteiger partial charge on any atom is 0.0731 e. The van der Waals surface area contributed by atoms with Crippen molar-refractivity contribution in [3.8, 4) is 0 Å². The minimum Gasteiger partial charge on any atom is -0.306 e. The Kier molecular flexibility index (Phi) is 5.49. The number of aryl methyl sites for hydroxylation is 1. The van der Waals surface area contributed by atoms with E-state index in [1.807, 2.05) is 12.1 Å². The molecule has 2 aromatic rings. The van der Waals surface area contributed by atoms with E-state index in [9.17, 15) is 0 Å². The standard InChI is InChI=1S/C14H14Br2ClNS/c1-3-18-13(12-6-8(2)14(16)19-12)10-5-4-9(15)7-11(10)17/h4-7,13,18H,3H2,1-2H3. The molecule has 5 heteroatoms. The number of nitrogens with one attached hydrogen (secondary N) is 1. The lowest BCUT2D eigenvalue weighted by atomic mass is 10.0. The molecule has 0 bridgehead atoms. The van der Waals surface area contributed by atoms with Gasteiger partial charge in [-0.25, -0.2) is 0 Å². The van der Waals surface area contributed by atoms with Gasteiger partial charge >= 0.3 is 0 Å². The molecule has 0 amide bonds. The SMILES string of the molecule is CCNC(c1cc(C)c(Br)s1)c1ccc(Br)cc1Cl. The van der Waals surface area contributed by atoms with Gasteiger partial charge < -0.3 is 5.32 Å². The van der Waals surface area contributed by atoms with Gasteiger partial charge in [0, 0.05) is 14.4 Å². The lowest BCUT2D eigenvalue weighted by molar-refractivity contribution is 0.639. The van der Waals surface area contributed by atoms with Gasteiger partial charge in [0.1, 0.15) is 0 Å². The zero-order valence-electron chi connectivity index (χ0n) is 10.6. The minimum atomic E-state index is 0.139. The van der Waals surface area contributed by atoms with Crippen LogP contribution in [0.1, 0.15) is 29.0 Å². The molecule has 0 aliphatic heterocycles. The van der Waals surface area contributed by atoms with Crippen molar-refractivity contribution >= 4 is 54.8 Å². The topological polar surface area (TPSA) is 12.0 Å². The molecule has 0 saturated heterocycles. The van der Waals surface area contributed by atoms with E-state index in [1.165, 1.54) is 14.2 Å². The largest absolute Gasteiger partial charge is 0.306 e. The predicted molar refractivity (Wildman–Crippen MR) is 91.4 cm³/mol. The van der Waals surface area contributed by atoms with E-state index in [2.05, 4.69) is 63.2 Å². The molecule has 0 fully saturated rings. The zero-order valence-corrected chi connectivity index (χ0v) is 15.4. The van der Waals surface area contributed by atoms with Crippen LogP contribution in [0.15, 0.2) is 32.5 Å². The van der Waals surface area contributed by atoms with Crippen molar-refractivity contribution in [1.29, 1.82) is 0 Å². The van der Waals surface area contributed by atoms with Crippen LogP contribution in [0.4, 0.5) is 0 Å². The number of benzene rings is 1. The van der Waals surface area contributed by atoms with Crippen molar-refractivity contribution in [2.24, 2.45) is 0 Å².